The minimum Gasteiger partial charge on any atom is -0.454 e. The van der Waals surface area contributed by atoms with Gasteiger partial charge in [0, 0.05) is 28.7 Å². The van der Waals surface area contributed by atoms with Gasteiger partial charge in [0.15, 0.2) is 11.5 Å². The molecule has 2 aromatic carbocycles. The zero-order chi connectivity index (χ0) is 21.3. The first-order valence-electron chi connectivity index (χ1n) is 9.10. The van der Waals surface area contributed by atoms with Crippen molar-refractivity contribution < 1.29 is 18.7 Å². The highest BCUT2D eigenvalue weighted by Gasteiger charge is 2.16. The molecule has 1 N–H and O–H groups in total. The highest BCUT2D eigenvalue weighted by atomic mass is 19.1. The van der Waals surface area contributed by atoms with E-state index in [-0.39, 0.29) is 17.9 Å². The van der Waals surface area contributed by atoms with Crippen molar-refractivity contribution in [2.75, 3.05) is 6.79 Å². The van der Waals surface area contributed by atoms with Crippen molar-refractivity contribution in [1.29, 1.82) is 5.26 Å². The molecule has 1 amide bonds. The molecule has 0 atom stereocenters. The van der Waals surface area contributed by atoms with Crippen LogP contribution < -0.4 is 14.9 Å². The number of halogens is 1. The number of hydrogen-bond donors (Lipinski definition) is 1. The minimum absolute atomic E-state index is 0.142. The summed E-state index contributed by atoms with van der Waals surface area (Å²) in [6.45, 7) is 4.10. The van der Waals surface area contributed by atoms with Gasteiger partial charge in [0.05, 0.1) is 23.4 Å². The molecule has 0 radical (unpaired) electrons. The van der Waals surface area contributed by atoms with Crippen LogP contribution in [-0.2, 0) is 0 Å². The van der Waals surface area contributed by atoms with Gasteiger partial charge in [0.25, 0.3) is 5.91 Å². The van der Waals surface area contributed by atoms with Gasteiger partial charge in [-0.3, -0.25) is 4.79 Å². The van der Waals surface area contributed by atoms with Gasteiger partial charge in [-0.2, -0.15) is 10.4 Å². The number of fused-ring (bicyclic) bond motifs is 1. The molecule has 3 aromatic rings. The van der Waals surface area contributed by atoms with Gasteiger partial charge in [-0.05, 0) is 50.2 Å². The number of carbonyl (C=O) groups is 1. The molecule has 1 aliphatic heterocycles. The van der Waals surface area contributed by atoms with Gasteiger partial charge >= 0.3 is 0 Å². The van der Waals surface area contributed by atoms with Crippen LogP contribution in [0.5, 0.6) is 11.5 Å². The van der Waals surface area contributed by atoms with Gasteiger partial charge in [0.1, 0.15) is 5.82 Å². The maximum Gasteiger partial charge on any atom is 0.274 e. The first-order chi connectivity index (χ1) is 14.5. The Kier molecular flexibility index (Phi) is 4.94. The minimum atomic E-state index is -0.775. The predicted octanol–water partition coefficient (Wildman–Crippen LogP) is 3.60. The normalized spacial score (nSPS) is 12.2. The van der Waals surface area contributed by atoms with Crippen LogP contribution in [0.15, 0.2) is 47.6 Å². The molecule has 0 saturated heterocycles. The summed E-state index contributed by atoms with van der Waals surface area (Å²) in [4.78, 5) is 12.2. The van der Waals surface area contributed by atoms with E-state index in [9.17, 15) is 9.18 Å². The highest BCUT2D eigenvalue weighted by molar-refractivity contribution is 5.95. The topological polar surface area (TPSA) is 88.6 Å². The fourth-order valence-electron chi connectivity index (χ4n) is 3.33. The van der Waals surface area contributed by atoms with E-state index in [0.717, 1.165) is 28.7 Å². The van der Waals surface area contributed by atoms with E-state index in [4.69, 9.17) is 14.7 Å². The summed E-state index contributed by atoms with van der Waals surface area (Å²) in [5.74, 6) is -0.0757. The average Bonchev–Trinajstić information content (AvgIpc) is 3.31. The zero-order valence-corrected chi connectivity index (χ0v) is 16.3. The molecule has 0 fully saturated rings. The monoisotopic (exact) mass is 404 g/mol. The Morgan fingerprint density at radius 3 is 2.77 bits per heavy atom. The lowest BCUT2D eigenvalue weighted by molar-refractivity contribution is 0.0951. The number of hydrazone groups is 1. The van der Waals surface area contributed by atoms with Crippen molar-refractivity contribution in [3.05, 3.63) is 76.4 Å². The molecule has 7 nitrogen and oxygen atoms in total. The Bertz CT molecular complexity index is 1220. The number of hydrogen-bond acceptors (Lipinski definition) is 5. The summed E-state index contributed by atoms with van der Waals surface area (Å²) >= 11 is 0. The third-order valence-electron chi connectivity index (χ3n) is 4.80. The molecule has 0 unspecified atom stereocenters. The van der Waals surface area contributed by atoms with Crippen molar-refractivity contribution in [2.24, 2.45) is 5.10 Å². The third-order valence-corrected chi connectivity index (χ3v) is 4.80. The van der Waals surface area contributed by atoms with E-state index in [2.05, 4.69) is 10.5 Å². The molecule has 150 valence electrons. The van der Waals surface area contributed by atoms with Crippen LogP contribution in [-0.4, -0.2) is 23.5 Å². The number of rotatable bonds is 4. The summed E-state index contributed by atoms with van der Waals surface area (Å²) in [5, 5.41) is 12.7. The second-order valence-corrected chi connectivity index (χ2v) is 6.71. The van der Waals surface area contributed by atoms with Crippen molar-refractivity contribution >= 4 is 12.1 Å². The summed E-state index contributed by atoms with van der Waals surface area (Å²) in [7, 11) is 0. The Hall–Kier alpha value is -4.12. The number of amides is 1. The first-order valence-corrected chi connectivity index (χ1v) is 9.10. The lowest BCUT2D eigenvalue weighted by Crippen LogP contribution is -2.19. The van der Waals surface area contributed by atoms with Crippen molar-refractivity contribution in [3.63, 3.8) is 0 Å². The number of nitrogens with one attached hydrogen (secondary N) is 1. The van der Waals surface area contributed by atoms with E-state index >= 15 is 0 Å². The highest BCUT2D eigenvalue weighted by Crippen LogP contribution is 2.34. The van der Waals surface area contributed by atoms with Crippen LogP contribution in [0, 0.1) is 31.0 Å². The number of carbonyl (C=O) groups excluding carboxylic acids is 1. The second kappa shape index (κ2) is 7.72. The van der Waals surface area contributed by atoms with E-state index < -0.39 is 11.7 Å². The molecule has 0 spiro atoms. The third kappa shape index (κ3) is 3.49. The van der Waals surface area contributed by atoms with Gasteiger partial charge in [0.2, 0.25) is 6.79 Å². The average molecular weight is 404 g/mol. The largest absolute Gasteiger partial charge is 0.454 e. The van der Waals surface area contributed by atoms with E-state index in [1.807, 2.05) is 48.7 Å². The second-order valence-electron chi connectivity index (χ2n) is 6.71. The van der Waals surface area contributed by atoms with Crippen molar-refractivity contribution in [2.45, 2.75) is 13.8 Å². The molecular weight excluding hydrogens is 387 g/mol. The Labute approximate surface area is 172 Å². The maximum atomic E-state index is 14.0. The number of benzene rings is 2. The Morgan fingerprint density at radius 1 is 1.20 bits per heavy atom. The molecule has 0 saturated carbocycles. The van der Waals surface area contributed by atoms with Crippen molar-refractivity contribution in [1.82, 2.24) is 9.99 Å². The van der Waals surface area contributed by atoms with Crippen LogP contribution in [0.1, 0.15) is 32.9 Å². The first kappa shape index (κ1) is 19.2. The summed E-state index contributed by atoms with van der Waals surface area (Å²) in [5.41, 5.74) is 5.87. The quantitative estimate of drug-likeness (QED) is 0.532. The molecule has 4 rings (SSSR count). The predicted molar refractivity (Wildman–Crippen MR) is 108 cm³/mol. The van der Waals surface area contributed by atoms with Crippen LogP contribution in [0.3, 0.4) is 0 Å². The smallest absolute Gasteiger partial charge is 0.274 e. The van der Waals surface area contributed by atoms with Crippen LogP contribution in [0.4, 0.5) is 4.39 Å². The van der Waals surface area contributed by atoms with Gasteiger partial charge in [-0.25, -0.2) is 9.82 Å². The van der Waals surface area contributed by atoms with E-state index in [1.54, 1.807) is 0 Å². The number of nitriles is 1. The van der Waals surface area contributed by atoms with Crippen LogP contribution in [0.25, 0.3) is 5.69 Å². The van der Waals surface area contributed by atoms with Crippen LogP contribution >= 0.6 is 0 Å². The fourth-order valence-corrected chi connectivity index (χ4v) is 3.33. The number of aromatic nitrogens is 1. The van der Waals surface area contributed by atoms with Gasteiger partial charge < -0.3 is 14.0 Å². The molecule has 0 bridgehead atoms. The number of ether oxygens (including phenoxy) is 2. The van der Waals surface area contributed by atoms with Crippen molar-refractivity contribution in [3.8, 4) is 23.3 Å². The summed E-state index contributed by atoms with van der Waals surface area (Å²) < 4.78 is 26.8. The number of aryl methyl sites for hydroxylation is 1. The molecule has 2 heterocycles. The van der Waals surface area contributed by atoms with Crippen LogP contribution in [0.2, 0.25) is 0 Å². The number of nitrogens with zero attached hydrogens (tertiary/aromatic N) is 3. The Balaban J connectivity index is 1.53. The van der Waals surface area contributed by atoms with Gasteiger partial charge in [-0.1, -0.05) is 0 Å². The fraction of sp³-hybridized carbons (Fsp3) is 0.136. The molecule has 1 aliphatic rings. The Morgan fingerprint density at radius 2 is 2.00 bits per heavy atom. The summed E-state index contributed by atoms with van der Waals surface area (Å²) in [6, 6.07) is 13.1. The maximum absolute atomic E-state index is 14.0. The van der Waals surface area contributed by atoms with E-state index in [1.165, 1.54) is 18.3 Å². The molecule has 0 aliphatic carbocycles. The molecular formula is C22H17FN4O3. The lowest BCUT2D eigenvalue weighted by atomic mass is 10.1. The molecule has 1 aromatic heterocycles. The lowest BCUT2D eigenvalue weighted by Gasteiger charge is -2.10. The summed E-state index contributed by atoms with van der Waals surface area (Å²) in [6.07, 6.45) is 1.51. The SMILES string of the molecule is Cc1cc(/C=N\NC(=O)c2ccc(C#N)cc2F)c(C)n1-c1ccc2c(c1)OCO2. The van der Waals surface area contributed by atoms with Gasteiger partial charge in [-0.15, -0.1) is 0 Å². The molecule has 30 heavy (non-hydrogen) atoms. The standard InChI is InChI=1S/C22H17FN4O3/c1-13-7-16(11-25-26-22(28)18-5-3-15(10-24)8-19(18)23)14(2)27(13)17-4-6-20-21(9-17)30-12-29-20/h3-9,11H,12H2,1-2H3,(H,26,28)/b25-11-. The molecule has 8 heteroatoms. The zero-order valence-electron chi connectivity index (χ0n) is 16.3. The van der Waals surface area contributed by atoms with E-state index in [0.29, 0.717) is 11.5 Å².